The molecular formula is C18H26F2N4O2. The number of primary amides is 1. The number of rotatable bonds is 4. The van der Waals surface area contributed by atoms with Crippen molar-refractivity contribution in [2.75, 3.05) is 13.1 Å². The predicted molar refractivity (Wildman–Crippen MR) is 89.9 cm³/mol. The Hall–Kier alpha value is -1.75. The Bertz CT molecular complexity index is 609. The second kappa shape index (κ2) is 7.10. The van der Waals surface area contributed by atoms with Gasteiger partial charge in [-0.15, -0.1) is 0 Å². The van der Waals surface area contributed by atoms with Crippen molar-refractivity contribution in [2.24, 2.45) is 17.1 Å². The summed E-state index contributed by atoms with van der Waals surface area (Å²) in [5, 5.41) is 12.6. The summed E-state index contributed by atoms with van der Waals surface area (Å²) in [5.74, 6) is -3.34. The lowest BCUT2D eigenvalue weighted by molar-refractivity contribution is -0.127. The van der Waals surface area contributed by atoms with E-state index in [1.165, 1.54) is 0 Å². The largest absolute Gasteiger partial charge is 0.368 e. The lowest BCUT2D eigenvalue weighted by atomic mass is 9.67. The number of alkyl halides is 2. The van der Waals surface area contributed by atoms with Gasteiger partial charge in [0, 0.05) is 37.3 Å². The molecule has 0 aromatic rings. The zero-order valence-electron chi connectivity index (χ0n) is 14.8. The molecule has 3 atom stereocenters. The van der Waals surface area contributed by atoms with Crippen LogP contribution in [-0.2, 0) is 9.59 Å². The number of amides is 2. The van der Waals surface area contributed by atoms with Crippen LogP contribution in [0.25, 0.3) is 0 Å². The topological polar surface area (TPSA) is 99.2 Å². The summed E-state index contributed by atoms with van der Waals surface area (Å²) in [6, 6.07) is 1.02. The van der Waals surface area contributed by atoms with Gasteiger partial charge in [0.15, 0.2) is 0 Å². The molecule has 2 heterocycles. The second-order valence-corrected chi connectivity index (χ2v) is 8.03. The van der Waals surface area contributed by atoms with Gasteiger partial charge in [-0.05, 0) is 38.5 Å². The van der Waals surface area contributed by atoms with E-state index >= 15 is 0 Å². The highest BCUT2D eigenvalue weighted by molar-refractivity contribution is 5.81. The Kier molecular flexibility index (Phi) is 5.20. The van der Waals surface area contributed by atoms with Crippen LogP contribution < -0.4 is 11.1 Å². The Balaban J connectivity index is 1.75. The van der Waals surface area contributed by atoms with Gasteiger partial charge >= 0.3 is 0 Å². The molecule has 1 aliphatic carbocycles. The van der Waals surface area contributed by atoms with Crippen molar-refractivity contribution in [2.45, 2.75) is 69.4 Å². The Morgan fingerprint density at radius 2 is 2.04 bits per heavy atom. The Labute approximate surface area is 152 Å². The second-order valence-electron chi connectivity index (χ2n) is 8.03. The first kappa shape index (κ1) is 19.0. The molecule has 3 rings (SSSR count). The molecule has 0 aromatic carbocycles. The van der Waals surface area contributed by atoms with E-state index in [9.17, 15) is 23.6 Å². The van der Waals surface area contributed by atoms with Gasteiger partial charge in [-0.2, -0.15) is 5.26 Å². The number of likely N-dealkylation sites (tertiary alicyclic amines) is 1. The summed E-state index contributed by atoms with van der Waals surface area (Å²) in [6.45, 7) is 1.09. The number of hydrogen-bond acceptors (Lipinski definition) is 4. The van der Waals surface area contributed by atoms with Crippen molar-refractivity contribution in [1.29, 1.82) is 5.26 Å². The molecule has 0 bridgehead atoms. The van der Waals surface area contributed by atoms with Gasteiger partial charge < -0.3 is 11.1 Å². The van der Waals surface area contributed by atoms with Gasteiger partial charge in [0.1, 0.15) is 6.04 Å². The SMILES string of the molecule is N#C[C@H]1N(CC[C@@H]2CCCNC2=O)C(C(N)=O)CC12CCC(F)(F)CC2. The van der Waals surface area contributed by atoms with Gasteiger partial charge in [-0.1, -0.05) is 0 Å². The molecule has 144 valence electrons. The summed E-state index contributed by atoms with van der Waals surface area (Å²) in [7, 11) is 0. The molecule has 26 heavy (non-hydrogen) atoms. The van der Waals surface area contributed by atoms with E-state index < -0.39 is 29.3 Å². The molecule has 0 aromatic heterocycles. The number of carbonyl (C=O) groups is 2. The van der Waals surface area contributed by atoms with Crippen molar-refractivity contribution in [3.05, 3.63) is 0 Å². The maximum absolute atomic E-state index is 13.6. The van der Waals surface area contributed by atoms with Crippen molar-refractivity contribution >= 4 is 11.8 Å². The first-order valence-electron chi connectivity index (χ1n) is 9.38. The third-order valence-corrected chi connectivity index (χ3v) is 6.48. The van der Waals surface area contributed by atoms with Gasteiger partial charge in [0.2, 0.25) is 17.7 Å². The highest BCUT2D eigenvalue weighted by Crippen LogP contribution is 2.53. The summed E-state index contributed by atoms with van der Waals surface area (Å²) in [6.07, 6.45) is 2.54. The first-order chi connectivity index (χ1) is 12.3. The first-order valence-corrected chi connectivity index (χ1v) is 9.38. The van der Waals surface area contributed by atoms with E-state index in [1.54, 1.807) is 4.90 Å². The van der Waals surface area contributed by atoms with Crippen LogP contribution in [0, 0.1) is 22.7 Å². The van der Waals surface area contributed by atoms with Crippen molar-refractivity contribution in [3.63, 3.8) is 0 Å². The lowest BCUT2D eigenvalue weighted by Crippen LogP contribution is -2.47. The van der Waals surface area contributed by atoms with Crippen LogP contribution in [0.2, 0.25) is 0 Å². The number of nitrogens with two attached hydrogens (primary N) is 1. The van der Waals surface area contributed by atoms with E-state index in [-0.39, 0.29) is 37.5 Å². The molecule has 2 aliphatic heterocycles. The van der Waals surface area contributed by atoms with Crippen LogP contribution in [0.5, 0.6) is 0 Å². The zero-order valence-corrected chi connectivity index (χ0v) is 14.8. The zero-order chi connectivity index (χ0) is 18.9. The fourth-order valence-corrected chi connectivity index (χ4v) is 4.91. The van der Waals surface area contributed by atoms with E-state index in [2.05, 4.69) is 11.4 Å². The van der Waals surface area contributed by atoms with Crippen molar-refractivity contribution in [3.8, 4) is 6.07 Å². The molecule has 3 N–H and O–H groups in total. The van der Waals surface area contributed by atoms with Crippen LogP contribution in [0.4, 0.5) is 8.78 Å². The number of nitrogens with one attached hydrogen (secondary N) is 1. The van der Waals surface area contributed by atoms with Gasteiger partial charge in [0.05, 0.1) is 12.1 Å². The van der Waals surface area contributed by atoms with E-state index in [1.807, 2.05) is 0 Å². The van der Waals surface area contributed by atoms with Crippen LogP contribution in [-0.4, -0.2) is 47.8 Å². The maximum Gasteiger partial charge on any atom is 0.248 e. The summed E-state index contributed by atoms with van der Waals surface area (Å²) in [4.78, 5) is 25.7. The fraction of sp³-hybridized carbons (Fsp3) is 0.833. The highest BCUT2D eigenvalue weighted by atomic mass is 19.3. The Morgan fingerprint density at radius 3 is 2.62 bits per heavy atom. The van der Waals surface area contributed by atoms with Crippen LogP contribution >= 0.6 is 0 Å². The summed E-state index contributed by atoms with van der Waals surface area (Å²) in [5.41, 5.74) is 4.96. The van der Waals surface area contributed by atoms with E-state index in [0.717, 1.165) is 12.8 Å². The summed E-state index contributed by atoms with van der Waals surface area (Å²) < 4.78 is 27.3. The molecule has 3 aliphatic rings. The molecule has 1 saturated carbocycles. The third-order valence-electron chi connectivity index (χ3n) is 6.48. The van der Waals surface area contributed by atoms with E-state index in [0.29, 0.717) is 25.9 Å². The maximum atomic E-state index is 13.6. The number of piperidine rings is 1. The minimum absolute atomic E-state index is 0.00611. The number of nitriles is 1. The summed E-state index contributed by atoms with van der Waals surface area (Å²) >= 11 is 0. The fourth-order valence-electron chi connectivity index (χ4n) is 4.91. The predicted octanol–water partition coefficient (Wildman–Crippen LogP) is 1.55. The quantitative estimate of drug-likeness (QED) is 0.786. The van der Waals surface area contributed by atoms with Crippen LogP contribution in [0.3, 0.4) is 0 Å². The molecular weight excluding hydrogens is 342 g/mol. The standard InChI is InChI=1S/C18H26F2N4O2/c19-18(20)6-4-17(5-7-18)10-13(15(22)25)24(14(17)11-21)9-3-12-2-1-8-23-16(12)26/h12-14H,1-10H2,(H2,22,25)(H,23,26)/t12-,13?,14+/m0/s1. The lowest BCUT2D eigenvalue weighted by Gasteiger charge is -2.40. The van der Waals surface area contributed by atoms with Crippen LogP contribution in [0.15, 0.2) is 0 Å². The highest BCUT2D eigenvalue weighted by Gasteiger charge is 2.57. The smallest absolute Gasteiger partial charge is 0.248 e. The molecule has 1 spiro atoms. The number of carbonyl (C=O) groups excluding carboxylic acids is 2. The van der Waals surface area contributed by atoms with Gasteiger partial charge in [-0.3, -0.25) is 14.5 Å². The number of hydrogen-bond donors (Lipinski definition) is 2. The molecule has 2 amide bonds. The van der Waals surface area contributed by atoms with Gasteiger partial charge in [-0.25, -0.2) is 8.78 Å². The minimum atomic E-state index is -2.69. The molecule has 0 radical (unpaired) electrons. The molecule has 6 nitrogen and oxygen atoms in total. The normalized spacial score (nSPS) is 33.6. The van der Waals surface area contributed by atoms with Gasteiger partial charge in [0.25, 0.3) is 0 Å². The van der Waals surface area contributed by atoms with E-state index in [4.69, 9.17) is 5.73 Å². The Morgan fingerprint density at radius 1 is 1.35 bits per heavy atom. The average molecular weight is 368 g/mol. The number of halogens is 2. The molecule has 2 saturated heterocycles. The van der Waals surface area contributed by atoms with Crippen LogP contribution in [0.1, 0.15) is 51.4 Å². The molecule has 8 heteroatoms. The molecule has 1 unspecified atom stereocenters. The third kappa shape index (κ3) is 3.54. The minimum Gasteiger partial charge on any atom is -0.368 e. The van der Waals surface area contributed by atoms with Crippen molar-refractivity contribution < 1.29 is 18.4 Å². The monoisotopic (exact) mass is 368 g/mol. The van der Waals surface area contributed by atoms with Crippen molar-refractivity contribution in [1.82, 2.24) is 10.2 Å². The average Bonchev–Trinajstić information content (AvgIpc) is 2.91. The molecule has 3 fully saturated rings. The number of nitrogens with zero attached hydrogens (tertiary/aromatic N) is 2.